The van der Waals surface area contributed by atoms with Gasteiger partial charge in [-0.2, -0.15) is 0 Å². The van der Waals surface area contributed by atoms with Crippen molar-refractivity contribution >= 4 is 58.9 Å². The van der Waals surface area contributed by atoms with Crippen LogP contribution in [0.15, 0.2) is 84.9 Å². The van der Waals surface area contributed by atoms with Gasteiger partial charge in [-0.1, -0.05) is 90.5 Å². The SMILES string of the molecule is CC(=O)[C@H](CCCCNC(c1ccccc1)(c1ccccc1)c1ccc(C)cc1)NC(=O)COCCOCCCC(=O)COCCOCCCC(=O)C(CCC(=O)O)NC(=O)CCC(NC(=O)C1CCC(CNC(=O)CCCC(=O)O)CC1)C(=O)O. The fourth-order valence-corrected chi connectivity index (χ4v) is 10.2. The highest BCUT2D eigenvalue weighted by molar-refractivity contribution is 5.90. The highest BCUT2D eigenvalue weighted by Gasteiger charge is 2.36. The molecule has 2 unspecified atom stereocenters. The molecule has 0 spiro atoms. The Morgan fingerprint density at radius 1 is 0.512 bits per heavy atom. The smallest absolute Gasteiger partial charge is 0.326 e. The van der Waals surface area contributed by atoms with E-state index in [-0.39, 0.29) is 134 Å². The van der Waals surface area contributed by atoms with Crippen LogP contribution in [-0.4, -0.2) is 158 Å². The first-order chi connectivity index (χ1) is 41.4. The average molecular weight is 1200 g/mol. The number of carboxylic acid groups (broad SMARTS) is 3. The third-order valence-corrected chi connectivity index (χ3v) is 15.0. The van der Waals surface area contributed by atoms with Gasteiger partial charge in [0.05, 0.1) is 44.1 Å². The Labute approximate surface area is 504 Å². The van der Waals surface area contributed by atoms with E-state index in [2.05, 4.69) is 82.0 Å². The topological polar surface area (TPSA) is 328 Å². The summed E-state index contributed by atoms with van der Waals surface area (Å²) in [5.74, 6) is -6.34. The molecule has 4 amide bonds. The molecule has 3 aromatic carbocycles. The van der Waals surface area contributed by atoms with Gasteiger partial charge in [0.25, 0.3) is 0 Å². The molecule has 0 bridgehead atoms. The van der Waals surface area contributed by atoms with Crippen LogP contribution in [0.25, 0.3) is 0 Å². The second kappa shape index (κ2) is 40.2. The van der Waals surface area contributed by atoms with Gasteiger partial charge in [-0.3, -0.25) is 48.5 Å². The summed E-state index contributed by atoms with van der Waals surface area (Å²) >= 11 is 0. The van der Waals surface area contributed by atoms with Crippen molar-refractivity contribution in [1.82, 2.24) is 26.6 Å². The highest BCUT2D eigenvalue weighted by Crippen LogP contribution is 2.37. The fraction of sp³-hybridized carbons (Fsp3) is 0.562. The lowest BCUT2D eigenvalue weighted by Gasteiger charge is -2.37. The zero-order valence-electron chi connectivity index (χ0n) is 49.8. The van der Waals surface area contributed by atoms with Gasteiger partial charge in [-0.05, 0) is 120 Å². The van der Waals surface area contributed by atoms with Crippen molar-refractivity contribution in [3.63, 3.8) is 0 Å². The second-order valence-corrected chi connectivity index (χ2v) is 21.8. The monoisotopic (exact) mass is 1200 g/mol. The van der Waals surface area contributed by atoms with Crippen molar-refractivity contribution < 1.29 is 82.2 Å². The molecule has 1 aliphatic carbocycles. The number of hydrogen-bond donors (Lipinski definition) is 8. The number of aryl methyl sites for hydroxylation is 1. The first-order valence-corrected chi connectivity index (χ1v) is 30.0. The molecule has 22 heteroatoms. The van der Waals surface area contributed by atoms with Crippen LogP contribution < -0.4 is 26.6 Å². The van der Waals surface area contributed by atoms with Crippen LogP contribution >= 0.6 is 0 Å². The van der Waals surface area contributed by atoms with Crippen molar-refractivity contribution in [2.24, 2.45) is 11.8 Å². The van der Waals surface area contributed by atoms with Crippen LogP contribution in [-0.2, 0) is 72.4 Å². The van der Waals surface area contributed by atoms with E-state index in [1.165, 1.54) is 12.5 Å². The van der Waals surface area contributed by atoms with Crippen molar-refractivity contribution in [2.45, 2.75) is 153 Å². The zero-order valence-corrected chi connectivity index (χ0v) is 49.8. The second-order valence-electron chi connectivity index (χ2n) is 21.8. The zero-order chi connectivity index (χ0) is 62.5. The molecule has 0 aromatic heterocycles. The molecule has 86 heavy (non-hydrogen) atoms. The third-order valence-electron chi connectivity index (χ3n) is 15.0. The lowest BCUT2D eigenvalue weighted by atomic mass is 9.76. The Hall–Kier alpha value is -7.24. The minimum absolute atomic E-state index is 0.0486. The maximum atomic E-state index is 13.1. The molecular formula is C64H89N5O17. The number of unbranched alkanes of at least 4 members (excludes halogenated alkanes) is 1. The minimum Gasteiger partial charge on any atom is -0.481 e. The standard InChI is InChI=1S/C64H89N5O17/c1-45-23-29-51(30-24-45)64(49-14-5-3-6-15-49,50-16-7-4-8-17-50)66-35-10-9-19-53(46(2)70)67-59(75)44-86-41-39-83-36-12-18-52(71)43-85-40-38-84-37-13-20-56(72)54(32-34-61(78)79)68-58(74)33-31-55(63(81)82)69-62(80)48-27-25-47(26-28-48)42-65-57(73)21-11-22-60(76)77/h3-8,14-17,23-24,29-30,47-48,53-55,66H,9-13,18-22,25-28,31-44H2,1-2H3,(H,65,73)(H,67,75)(H,68,74)(H,69,80)(H,76,77)(H,78,79)(H,81,82)/t47?,48?,53-,54?,55?/m0/s1. The number of Topliss-reactive ketones (excluding diaryl/α,β-unsaturated/α-hetero) is 3. The van der Waals surface area contributed by atoms with Gasteiger partial charge in [-0.15, -0.1) is 0 Å². The minimum atomic E-state index is -1.39. The number of carboxylic acids is 3. The van der Waals surface area contributed by atoms with Crippen LogP contribution in [0.5, 0.6) is 0 Å². The summed E-state index contributed by atoms with van der Waals surface area (Å²) in [6.07, 6.45) is 3.97. The highest BCUT2D eigenvalue weighted by atomic mass is 16.5. The molecule has 22 nitrogen and oxygen atoms in total. The van der Waals surface area contributed by atoms with Gasteiger partial charge in [-0.25, -0.2) is 4.79 Å². The number of benzene rings is 3. The van der Waals surface area contributed by atoms with E-state index >= 15 is 0 Å². The first-order valence-electron chi connectivity index (χ1n) is 30.0. The number of nitrogens with one attached hydrogen (secondary N) is 5. The van der Waals surface area contributed by atoms with E-state index in [1.54, 1.807) is 0 Å². The maximum Gasteiger partial charge on any atom is 0.326 e. The van der Waals surface area contributed by atoms with Crippen LogP contribution in [0.4, 0.5) is 0 Å². The van der Waals surface area contributed by atoms with Gasteiger partial charge >= 0.3 is 17.9 Å². The van der Waals surface area contributed by atoms with E-state index in [1.807, 2.05) is 36.4 Å². The molecule has 1 fully saturated rings. The van der Waals surface area contributed by atoms with Gasteiger partial charge in [0.1, 0.15) is 19.3 Å². The fourth-order valence-electron chi connectivity index (χ4n) is 10.2. The van der Waals surface area contributed by atoms with E-state index in [9.17, 15) is 58.2 Å². The Morgan fingerprint density at radius 2 is 1.07 bits per heavy atom. The molecule has 8 N–H and O–H groups in total. The first kappa shape index (κ1) is 71.2. The predicted molar refractivity (Wildman–Crippen MR) is 318 cm³/mol. The Bertz CT molecular complexity index is 2560. The average Bonchev–Trinajstić information content (AvgIpc) is 0.999. The van der Waals surface area contributed by atoms with E-state index in [0.29, 0.717) is 58.0 Å². The summed E-state index contributed by atoms with van der Waals surface area (Å²) in [7, 11) is 0. The van der Waals surface area contributed by atoms with Gasteiger partial charge in [0.15, 0.2) is 17.3 Å². The normalized spacial score (nSPS) is 15.1. The third kappa shape index (κ3) is 27.4. The molecule has 0 aliphatic heterocycles. The van der Waals surface area contributed by atoms with Crippen molar-refractivity contribution in [2.75, 3.05) is 65.9 Å². The number of aliphatic carboxylic acids is 3. The Kier molecular flexibility index (Phi) is 33.3. The lowest BCUT2D eigenvalue weighted by molar-refractivity contribution is -0.143. The van der Waals surface area contributed by atoms with Gasteiger partial charge in [0, 0.05) is 64.2 Å². The molecule has 3 aromatic rings. The predicted octanol–water partition coefficient (Wildman–Crippen LogP) is 5.76. The Morgan fingerprint density at radius 3 is 1.66 bits per heavy atom. The van der Waals surface area contributed by atoms with E-state index in [4.69, 9.17) is 24.1 Å². The maximum absolute atomic E-state index is 13.1. The van der Waals surface area contributed by atoms with E-state index < -0.39 is 77.4 Å². The van der Waals surface area contributed by atoms with Gasteiger partial charge < -0.3 is 55.5 Å². The van der Waals surface area contributed by atoms with E-state index in [0.717, 1.165) is 23.1 Å². The molecule has 3 atom stereocenters. The molecule has 1 saturated carbocycles. The van der Waals surface area contributed by atoms with Crippen LogP contribution in [0, 0.1) is 18.8 Å². The number of ether oxygens (including phenoxy) is 4. The van der Waals surface area contributed by atoms with Crippen LogP contribution in [0.2, 0.25) is 0 Å². The summed E-state index contributed by atoms with van der Waals surface area (Å²) in [4.78, 5) is 123. The summed E-state index contributed by atoms with van der Waals surface area (Å²) < 4.78 is 22.0. The largest absolute Gasteiger partial charge is 0.481 e. The van der Waals surface area contributed by atoms with Crippen molar-refractivity contribution in [1.29, 1.82) is 0 Å². The molecule has 4 rings (SSSR count). The molecular weight excluding hydrogens is 1110 g/mol. The summed E-state index contributed by atoms with van der Waals surface area (Å²) in [6, 6.07) is 26.1. The number of carbonyl (C=O) groups is 10. The lowest BCUT2D eigenvalue weighted by Crippen LogP contribution is -2.46. The van der Waals surface area contributed by atoms with Crippen LogP contribution in [0.1, 0.15) is 145 Å². The molecule has 472 valence electrons. The number of amides is 4. The van der Waals surface area contributed by atoms with Crippen molar-refractivity contribution in [3.8, 4) is 0 Å². The quantitative estimate of drug-likeness (QED) is 0.0246. The summed E-state index contributed by atoms with van der Waals surface area (Å²) in [5.41, 5.74) is 3.90. The number of ketones is 3. The number of rotatable bonds is 46. The number of carbonyl (C=O) groups excluding carboxylic acids is 7. The Balaban J connectivity index is 1.01. The van der Waals surface area contributed by atoms with Gasteiger partial charge in [0.2, 0.25) is 23.6 Å². The molecule has 0 saturated heterocycles. The molecule has 0 heterocycles. The molecule has 1 aliphatic rings. The summed E-state index contributed by atoms with van der Waals surface area (Å²) in [6.45, 7) is 5.23. The van der Waals surface area contributed by atoms with Crippen LogP contribution in [0.3, 0.4) is 0 Å². The van der Waals surface area contributed by atoms with Crippen molar-refractivity contribution in [3.05, 3.63) is 107 Å². The molecule has 0 radical (unpaired) electrons. The summed E-state index contributed by atoms with van der Waals surface area (Å²) in [5, 5.41) is 42.3. The number of hydrogen-bond acceptors (Lipinski definition) is 15.